The van der Waals surface area contributed by atoms with Crippen LogP contribution in [-0.4, -0.2) is 26.5 Å². The number of nitrogens with zero attached hydrogens (tertiary/aromatic N) is 3. The van der Waals surface area contributed by atoms with E-state index in [1.54, 1.807) is 38.1 Å². The van der Waals surface area contributed by atoms with Gasteiger partial charge in [-0.25, -0.2) is 0 Å². The third kappa shape index (κ3) is 3.95. The molecule has 24 heavy (non-hydrogen) atoms. The number of hydrogen-bond donors (Lipinski definition) is 1. The van der Waals surface area contributed by atoms with Crippen molar-refractivity contribution >= 4 is 35.1 Å². The lowest BCUT2D eigenvalue weighted by Crippen LogP contribution is -2.22. The maximum atomic E-state index is 12.1. The van der Waals surface area contributed by atoms with Crippen LogP contribution in [0.25, 0.3) is 11.5 Å². The van der Waals surface area contributed by atoms with Crippen molar-refractivity contribution in [3.8, 4) is 11.5 Å². The van der Waals surface area contributed by atoms with Gasteiger partial charge in [-0.1, -0.05) is 34.6 Å². The van der Waals surface area contributed by atoms with Gasteiger partial charge in [0.25, 0.3) is 5.22 Å². The van der Waals surface area contributed by atoms with Gasteiger partial charge < -0.3 is 14.3 Å². The van der Waals surface area contributed by atoms with Crippen molar-refractivity contribution < 1.29 is 13.7 Å². The summed E-state index contributed by atoms with van der Waals surface area (Å²) in [5, 5.41) is 14.7. The van der Waals surface area contributed by atoms with E-state index in [0.717, 1.165) is 17.3 Å². The van der Waals surface area contributed by atoms with Crippen molar-refractivity contribution in [1.82, 2.24) is 15.4 Å². The second-order valence-electron chi connectivity index (χ2n) is 4.96. The first-order chi connectivity index (χ1) is 11.5. The largest absolute Gasteiger partial charge is 0.411 e. The van der Waals surface area contributed by atoms with Gasteiger partial charge in [0.2, 0.25) is 11.8 Å². The Balaban J connectivity index is 1.64. The van der Waals surface area contributed by atoms with Gasteiger partial charge >= 0.3 is 0 Å². The quantitative estimate of drug-likeness (QED) is 0.688. The number of halogens is 1. The van der Waals surface area contributed by atoms with Crippen LogP contribution in [0.1, 0.15) is 12.7 Å². The summed E-state index contributed by atoms with van der Waals surface area (Å²) in [5.74, 6) is 1.10. The first kappa shape index (κ1) is 16.5. The predicted octanol–water partition coefficient (Wildman–Crippen LogP) is 3.81. The molecular formula is C15H13ClN4O3S. The number of aryl methyl sites for hydroxylation is 1. The van der Waals surface area contributed by atoms with Crippen molar-refractivity contribution in [2.24, 2.45) is 0 Å². The minimum Gasteiger partial charge on any atom is -0.411 e. The zero-order valence-corrected chi connectivity index (χ0v) is 14.4. The van der Waals surface area contributed by atoms with E-state index in [1.807, 2.05) is 6.07 Å². The summed E-state index contributed by atoms with van der Waals surface area (Å²) in [6.07, 6.45) is 0. The van der Waals surface area contributed by atoms with E-state index in [4.69, 9.17) is 20.5 Å². The van der Waals surface area contributed by atoms with Gasteiger partial charge in [0.1, 0.15) is 5.76 Å². The van der Waals surface area contributed by atoms with Crippen LogP contribution in [0.15, 0.2) is 44.5 Å². The predicted molar refractivity (Wildman–Crippen MR) is 89.9 cm³/mol. The van der Waals surface area contributed by atoms with E-state index >= 15 is 0 Å². The normalized spacial score (nSPS) is 12.1. The maximum Gasteiger partial charge on any atom is 0.277 e. The molecule has 0 radical (unpaired) electrons. The maximum absolute atomic E-state index is 12.1. The molecule has 124 valence electrons. The second kappa shape index (κ2) is 7.06. The Morgan fingerprint density at radius 3 is 2.88 bits per heavy atom. The summed E-state index contributed by atoms with van der Waals surface area (Å²) in [4.78, 5) is 12.1. The Morgan fingerprint density at radius 1 is 1.33 bits per heavy atom. The summed E-state index contributed by atoms with van der Waals surface area (Å²) < 4.78 is 10.5. The summed E-state index contributed by atoms with van der Waals surface area (Å²) in [7, 11) is 0. The Morgan fingerprint density at radius 2 is 2.17 bits per heavy atom. The van der Waals surface area contributed by atoms with Gasteiger partial charge in [0.15, 0.2) is 5.82 Å². The number of thioether (sulfide) groups is 1. The van der Waals surface area contributed by atoms with Gasteiger partial charge in [-0.15, -0.1) is 10.2 Å². The molecule has 0 fully saturated rings. The third-order valence-electron chi connectivity index (χ3n) is 3.00. The summed E-state index contributed by atoms with van der Waals surface area (Å²) in [6, 6.07) is 8.74. The van der Waals surface area contributed by atoms with Gasteiger partial charge in [-0.2, -0.15) is 0 Å². The number of rotatable bonds is 5. The Bertz CT molecular complexity index is 864. The fraction of sp³-hybridized carbons (Fsp3) is 0.200. The first-order valence-corrected chi connectivity index (χ1v) is 8.27. The number of nitrogens with one attached hydrogen (secondary N) is 1. The van der Waals surface area contributed by atoms with Crippen LogP contribution in [0.2, 0.25) is 5.02 Å². The summed E-state index contributed by atoms with van der Waals surface area (Å²) >= 11 is 7.10. The molecule has 1 atom stereocenters. The van der Waals surface area contributed by atoms with Crippen molar-refractivity contribution in [2.75, 3.05) is 5.32 Å². The van der Waals surface area contributed by atoms with Crippen molar-refractivity contribution in [1.29, 1.82) is 0 Å². The molecule has 1 N–H and O–H groups in total. The second-order valence-corrected chi connectivity index (χ2v) is 6.68. The standard InChI is InChI=1S/C15H13ClN4O3S/c1-8-6-12(20-23-8)17-13(21)9(2)24-15-19-18-14(22-15)10-4-3-5-11(16)7-10/h3-7,9H,1-2H3,(H,17,20,21)/t9-/m1/s1. The number of amides is 1. The van der Waals surface area contributed by atoms with E-state index < -0.39 is 5.25 Å². The molecule has 2 heterocycles. The van der Waals surface area contributed by atoms with Crippen LogP contribution in [-0.2, 0) is 4.79 Å². The van der Waals surface area contributed by atoms with Crippen molar-refractivity contribution in [3.63, 3.8) is 0 Å². The third-order valence-corrected chi connectivity index (χ3v) is 4.17. The molecule has 1 aromatic carbocycles. The molecule has 0 saturated heterocycles. The molecule has 0 aliphatic carbocycles. The molecule has 9 heteroatoms. The molecule has 0 aliphatic heterocycles. The number of carbonyl (C=O) groups excluding carboxylic acids is 1. The molecular weight excluding hydrogens is 352 g/mol. The molecule has 0 spiro atoms. The van der Waals surface area contributed by atoms with E-state index in [2.05, 4.69) is 20.7 Å². The molecule has 0 saturated carbocycles. The van der Waals surface area contributed by atoms with Gasteiger partial charge in [0.05, 0.1) is 5.25 Å². The molecule has 0 bridgehead atoms. The highest BCUT2D eigenvalue weighted by Gasteiger charge is 2.20. The zero-order chi connectivity index (χ0) is 17.1. The molecule has 7 nitrogen and oxygen atoms in total. The Labute approximate surface area is 146 Å². The lowest BCUT2D eigenvalue weighted by Gasteiger charge is -2.06. The molecule has 3 aromatic rings. The Kier molecular flexibility index (Phi) is 4.86. The van der Waals surface area contributed by atoms with Crippen molar-refractivity contribution in [3.05, 3.63) is 41.1 Å². The molecule has 0 unspecified atom stereocenters. The summed E-state index contributed by atoms with van der Waals surface area (Å²) in [6.45, 7) is 3.48. The highest BCUT2D eigenvalue weighted by atomic mass is 35.5. The fourth-order valence-electron chi connectivity index (χ4n) is 1.85. The topological polar surface area (TPSA) is 94.1 Å². The number of benzene rings is 1. The van der Waals surface area contributed by atoms with Crippen LogP contribution in [0.4, 0.5) is 5.82 Å². The fourth-order valence-corrected chi connectivity index (χ4v) is 2.73. The minimum atomic E-state index is -0.449. The molecule has 0 aliphatic rings. The van der Waals surface area contributed by atoms with Crippen LogP contribution in [0.5, 0.6) is 0 Å². The molecule has 1 amide bonds. The monoisotopic (exact) mass is 364 g/mol. The Hall–Kier alpha value is -2.32. The highest BCUT2D eigenvalue weighted by molar-refractivity contribution is 8.00. The molecule has 3 rings (SSSR count). The van der Waals surface area contributed by atoms with Gasteiger partial charge in [-0.05, 0) is 32.0 Å². The van der Waals surface area contributed by atoms with Gasteiger partial charge in [-0.3, -0.25) is 4.79 Å². The average molecular weight is 365 g/mol. The zero-order valence-electron chi connectivity index (χ0n) is 12.8. The molecule has 2 aromatic heterocycles. The number of carbonyl (C=O) groups is 1. The van der Waals surface area contributed by atoms with Crippen LogP contribution >= 0.6 is 23.4 Å². The SMILES string of the molecule is Cc1cc(NC(=O)[C@@H](C)Sc2nnc(-c3cccc(Cl)c3)o2)no1. The first-order valence-electron chi connectivity index (χ1n) is 7.01. The number of aromatic nitrogens is 3. The average Bonchev–Trinajstić information content (AvgIpc) is 3.16. The van der Waals surface area contributed by atoms with E-state index in [1.165, 1.54) is 0 Å². The summed E-state index contributed by atoms with van der Waals surface area (Å²) in [5.41, 5.74) is 0.719. The lowest BCUT2D eigenvalue weighted by atomic mass is 10.2. The number of anilines is 1. The van der Waals surface area contributed by atoms with E-state index in [9.17, 15) is 4.79 Å². The van der Waals surface area contributed by atoms with Gasteiger partial charge in [0, 0.05) is 16.7 Å². The van der Waals surface area contributed by atoms with Crippen LogP contribution < -0.4 is 5.32 Å². The minimum absolute atomic E-state index is 0.240. The van der Waals surface area contributed by atoms with Crippen LogP contribution in [0, 0.1) is 6.92 Å². The number of hydrogen-bond acceptors (Lipinski definition) is 7. The smallest absolute Gasteiger partial charge is 0.277 e. The van der Waals surface area contributed by atoms with E-state index in [0.29, 0.717) is 27.7 Å². The van der Waals surface area contributed by atoms with Crippen LogP contribution in [0.3, 0.4) is 0 Å². The van der Waals surface area contributed by atoms with E-state index in [-0.39, 0.29) is 5.91 Å². The lowest BCUT2D eigenvalue weighted by molar-refractivity contribution is -0.115. The highest BCUT2D eigenvalue weighted by Crippen LogP contribution is 2.27. The van der Waals surface area contributed by atoms with Crippen molar-refractivity contribution in [2.45, 2.75) is 24.3 Å².